The average molecular weight is 565 g/mol. The molecule has 0 bridgehead atoms. The summed E-state index contributed by atoms with van der Waals surface area (Å²) in [5, 5.41) is 14.9. The number of benzene rings is 2. The summed E-state index contributed by atoms with van der Waals surface area (Å²) in [6.45, 7) is 6.23. The van der Waals surface area contributed by atoms with Gasteiger partial charge in [0.1, 0.15) is 11.8 Å². The fourth-order valence-corrected chi connectivity index (χ4v) is 6.75. The Hall–Kier alpha value is -3.70. The minimum Gasteiger partial charge on any atom is -0.497 e. The van der Waals surface area contributed by atoms with E-state index in [1.807, 2.05) is 10.9 Å². The number of carbonyl (C=O) groups is 1. The molecule has 2 N–H and O–H groups in total. The lowest BCUT2D eigenvalue weighted by molar-refractivity contribution is -0.124. The first kappa shape index (κ1) is 27.9. The van der Waals surface area contributed by atoms with Crippen LogP contribution in [0.4, 0.5) is 0 Å². The average Bonchev–Trinajstić information content (AvgIpc) is 3.42. The zero-order chi connectivity index (χ0) is 28.3. The molecule has 0 saturated carbocycles. The van der Waals surface area contributed by atoms with Crippen LogP contribution in [0.3, 0.4) is 0 Å². The first-order valence-electron chi connectivity index (χ1n) is 13.6. The van der Waals surface area contributed by atoms with Gasteiger partial charge in [-0.15, -0.1) is 5.10 Å². The molecule has 0 saturated heterocycles. The van der Waals surface area contributed by atoms with E-state index in [0.717, 1.165) is 36.7 Å². The monoisotopic (exact) mass is 564 g/mol. The van der Waals surface area contributed by atoms with Crippen LogP contribution in [-0.2, 0) is 34.2 Å². The van der Waals surface area contributed by atoms with Gasteiger partial charge in [-0.2, -0.15) is 0 Å². The summed E-state index contributed by atoms with van der Waals surface area (Å²) in [5.41, 5.74) is 4.38. The smallest absolute Gasteiger partial charge is 0.264 e. The Morgan fingerprint density at radius 1 is 1.18 bits per heavy atom. The largest absolute Gasteiger partial charge is 0.497 e. The van der Waals surface area contributed by atoms with Gasteiger partial charge in [-0.1, -0.05) is 37.3 Å². The van der Waals surface area contributed by atoms with E-state index in [2.05, 4.69) is 53.0 Å². The number of aryl methyl sites for hydroxylation is 1. The number of nitrogens with one attached hydrogen (secondary N) is 2. The molecular formula is C29H36N6O4S. The van der Waals surface area contributed by atoms with Crippen LogP contribution in [0.25, 0.3) is 0 Å². The van der Waals surface area contributed by atoms with Crippen molar-refractivity contribution in [2.24, 2.45) is 5.92 Å². The predicted octanol–water partition coefficient (Wildman–Crippen LogP) is 3.16. The molecule has 1 amide bonds. The Morgan fingerprint density at radius 2 is 1.98 bits per heavy atom. The molecule has 0 unspecified atom stereocenters. The van der Waals surface area contributed by atoms with E-state index in [1.165, 1.54) is 48.3 Å². The van der Waals surface area contributed by atoms with Crippen LogP contribution in [0, 0.1) is 5.92 Å². The first-order valence-corrected chi connectivity index (χ1v) is 15.1. The summed E-state index contributed by atoms with van der Waals surface area (Å²) in [5.74, 6) is 0.729. The molecule has 2 aromatic carbocycles. The lowest BCUT2D eigenvalue weighted by Crippen LogP contribution is -2.50. The molecular weight excluding hydrogens is 528 g/mol. The Kier molecular flexibility index (Phi) is 8.22. The van der Waals surface area contributed by atoms with Gasteiger partial charge >= 0.3 is 0 Å². The van der Waals surface area contributed by atoms with Crippen molar-refractivity contribution in [1.82, 2.24) is 29.9 Å². The minimum atomic E-state index is -3.99. The van der Waals surface area contributed by atoms with Crippen LogP contribution in [0.1, 0.15) is 55.1 Å². The van der Waals surface area contributed by atoms with Crippen LogP contribution in [0.15, 0.2) is 66.0 Å². The number of ether oxygens (including phenoxy) is 1. The van der Waals surface area contributed by atoms with Crippen LogP contribution in [0.2, 0.25) is 0 Å². The Balaban J connectivity index is 1.34. The van der Waals surface area contributed by atoms with Gasteiger partial charge in [-0.05, 0) is 72.7 Å². The molecule has 0 fully saturated rings. The molecule has 5 rings (SSSR count). The number of amides is 1. The van der Waals surface area contributed by atoms with Crippen molar-refractivity contribution >= 4 is 15.9 Å². The van der Waals surface area contributed by atoms with Gasteiger partial charge in [-0.25, -0.2) is 13.1 Å². The molecule has 3 aromatic rings. The fourth-order valence-electron chi connectivity index (χ4n) is 5.30. The van der Waals surface area contributed by atoms with Crippen LogP contribution in [0.5, 0.6) is 5.75 Å². The number of sulfonamides is 1. The molecule has 0 spiro atoms. The van der Waals surface area contributed by atoms with E-state index in [4.69, 9.17) is 4.74 Å². The highest BCUT2D eigenvalue weighted by atomic mass is 32.2. The highest BCUT2D eigenvalue weighted by Gasteiger charge is 2.36. The summed E-state index contributed by atoms with van der Waals surface area (Å²) in [4.78, 5) is 12.9. The number of aromatic nitrogens is 3. The summed E-state index contributed by atoms with van der Waals surface area (Å²) in [6.07, 6.45) is 7.64. The van der Waals surface area contributed by atoms with Gasteiger partial charge in [0.15, 0.2) is 0 Å². The summed E-state index contributed by atoms with van der Waals surface area (Å²) in [6, 6.07) is 11.8. The molecule has 212 valence electrons. The number of hydrogen-bond acceptors (Lipinski definition) is 7. The maximum absolute atomic E-state index is 13.5. The van der Waals surface area contributed by atoms with E-state index in [0.29, 0.717) is 17.4 Å². The van der Waals surface area contributed by atoms with Gasteiger partial charge in [0.2, 0.25) is 5.91 Å². The SMILES string of the molecule is COc1ccc(S(=O)(=O)N2C=CNC(=O)[C@H]2Cc2cn([C@@H]3CCCc4cc(CNCC(C)C)ccc43)nn2)cc1. The number of methoxy groups -OCH3 is 1. The molecule has 2 aliphatic rings. The van der Waals surface area contributed by atoms with E-state index in [-0.39, 0.29) is 17.4 Å². The third-order valence-electron chi connectivity index (χ3n) is 7.34. The Morgan fingerprint density at radius 3 is 2.73 bits per heavy atom. The molecule has 1 aliphatic heterocycles. The van der Waals surface area contributed by atoms with Gasteiger partial charge in [0.05, 0.1) is 23.7 Å². The molecule has 0 radical (unpaired) electrons. The van der Waals surface area contributed by atoms with Gasteiger partial charge in [-0.3, -0.25) is 9.10 Å². The topological polar surface area (TPSA) is 118 Å². The highest BCUT2D eigenvalue weighted by molar-refractivity contribution is 7.89. The zero-order valence-electron chi connectivity index (χ0n) is 23.1. The number of hydrogen-bond donors (Lipinski definition) is 2. The number of rotatable bonds is 10. The van der Waals surface area contributed by atoms with E-state index < -0.39 is 22.0 Å². The van der Waals surface area contributed by atoms with Crippen LogP contribution < -0.4 is 15.4 Å². The van der Waals surface area contributed by atoms with Crippen molar-refractivity contribution in [1.29, 1.82) is 0 Å². The second kappa shape index (κ2) is 11.8. The standard InChI is InChI=1S/C29H36N6O4S/c1-20(2)17-30-18-21-7-12-26-22(15-21)5-4-6-27(26)34-19-23(32-33-34)16-28-29(36)31-13-14-35(28)40(37,38)25-10-8-24(39-3)9-11-25/h7-15,19-20,27-28,30H,4-6,16-18H2,1-3H3,(H,31,36)/t27-,28-/m1/s1. The van der Waals surface area contributed by atoms with Crippen molar-refractivity contribution in [3.63, 3.8) is 0 Å². The zero-order valence-corrected chi connectivity index (χ0v) is 23.9. The quantitative estimate of drug-likeness (QED) is 0.388. The third kappa shape index (κ3) is 5.90. The van der Waals surface area contributed by atoms with E-state index in [1.54, 1.807) is 12.1 Å². The Bertz CT molecular complexity index is 1480. The minimum absolute atomic E-state index is 0.0434. The van der Waals surface area contributed by atoms with Gasteiger partial charge in [0.25, 0.3) is 10.0 Å². The van der Waals surface area contributed by atoms with Gasteiger partial charge in [0, 0.05) is 31.6 Å². The van der Waals surface area contributed by atoms with Crippen LogP contribution >= 0.6 is 0 Å². The number of carbonyl (C=O) groups excluding carboxylic acids is 1. The van der Waals surface area contributed by atoms with Crippen molar-refractivity contribution in [3.8, 4) is 5.75 Å². The molecule has 40 heavy (non-hydrogen) atoms. The Labute approximate surface area is 235 Å². The summed E-state index contributed by atoms with van der Waals surface area (Å²) >= 11 is 0. The first-order chi connectivity index (χ1) is 19.3. The molecule has 2 heterocycles. The maximum Gasteiger partial charge on any atom is 0.264 e. The number of nitrogens with zero attached hydrogens (tertiary/aromatic N) is 4. The van der Waals surface area contributed by atoms with E-state index in [9.17, 15) is 13.2 Å². The second-order valence-corrected chi connectivity index (χ2v) is 12.6. The normalized spacial score (nSPS) is 19.0. The van der Waals surface area contributed by atoms with Crippen molar-refractivity contribution in [2.75, 3.05) is 13.7 Å². The molecule has 11 heteroatoms. The maximum atomic E-state index is 13.5. The highest BCUT2D eigenvalue weighted by Crippen LogP contribution is 2.33. The molecule has 1 aromatic heterocycles. The summed E-state index contributed by atoms with van der Waals surface area (Å²) < 4.78 is 35.0. The third-order valence-corrected chi connectivity index (χ3v) is 9.14. The molecule has 10 nitrogen and oxygen atoms in total. The second-order valence-electron chi connectivity index (χ2n) is 10.7. The van der Waals surface area contributed by atoms with Crippen molar-refractivity contribution in [3.05, 3.63) is 83.4 Å². The molecule has 1 aliphatic carbocycles. The lowest BCUT2D eigenvalue weighted by atomic mass is 9.86. The molecule has 2 atom stereocenters. The van der Waals surface area contributed by atoms with Crippen LogP contribution in [-0.4, -0.2) is 53.3 Å². The van der Waals surface area contributed by atoms with E-state index >= 15 is 0 Å². The van der Waals surface area contributed by atoms with Crippen molar-refractivity contribution in [2.45, 2.75) is 63.1 Å². The lowest BCUT2D eigenvalue weighted by Gasteiger charge is -2.31. The predicted molar refractivity (Wildman–Crippen MR) is 151 cm³/mol. The van der Waals surface area contributed by atoms with Crippen molar-refractivity contribution < 1.29 is 17.9 Å². The fraction of sp³-hybridized carbons (Fsp3) is 0.414. The summed E-state index contributed by atoms with van der Waals surface area (Å²) in [7, 11) is -2.47. The number of fused-ring (bicyclic) bond motifs is 1. The van der Waals surface area contributed by atoms with Gasteiger partial charge < -0.3 is 15.4 Å².